The Kier molecular flexibility index (Phi) is 7.67. The van der Waals surface area contributed by atoms with Crippen LogP contribution < -0.4 is 19.5 Å². The first-order valence-electron chi connectivity index (χ1n) is 9.12. The lowest BCUT2D eigenvalue weighted by atomic mass is 10.0. The van der Waals surface area contributed by atoms with E-state index in [4.69, 9.17) is 14.2 Å². The van der Waals surface area contributed by atoms with Crippen LogP contribution in [0.15, 0.2) is 12.1 Å². The molecule has 1 heterocycles. The molecule has 0 aliphatic heterocycles. The van der Waals surface area contributed by atoms with Gasteiger partial charge in [-0.3, -0.25) is 0 Å². The molecule has 7 heteroatoms. The zero-order valence-electron chi connectivity index (χ0n) is 16.8. The first kappa shape index (κ1) is 20.8. The standard InChI is InChI=1S/C20H29N3O4/c1-6-7-8-9-21-19-20(27-5)23-18(13(2)22-19)17-15(25-3)10-14(12-24)11-16(17)26-4/h10-11,24H,6-9,12H2,1-5H3,(H,21,22). The van der Waals surface area contributed by atoms with Gasteiger partial charge in [-0.15, -0.1) is 0 Å². The molecular weight excluding hydrogens is 346 g/mol. The summed E-state index contributed by atoms with van der Waals surface area (Å²) in [7, 11) is 4.72. The molecule has 0 bridgehead atoms. The van der Waals surface area contributed by atoms with Crippen LogP contribution in [0.25, 0.3) is 11.3 Å². The molecule has 7 nitrogen and oxygen atoms in total. The van der Waals surface area contributed by atoms with Crippen LogP contribution in [0, 0.1) is 6.92 Å². The zero-order chi connectivity index (χ0) is 19.8. The second kappa shape index (κ2) is 9.97. The van der Waals surface area contributed by atoms with Crippen molar-refractivity contribution in [1.29, 1.82) is 0 Å². The van der Waals surface area contributed by atoms with E-state index in [0.717, 1.165) is 31.5 Å². The molecule has 27 heavy (non-hydrogen) atoms. The molecule has 1 aromatic heterocycles. The van der Waals surface area contributed by atoms with Crippen molar-refractivity contribution in [1.82, 2.24) is 9.97 Å². The number of nitrogens with one attached hydrogen (secondary N) is 1. The number of methoxy groups -OCH3 is 3. The van der Waals surface area contributed by atoms with Gasteiger partial charge in [0.15, 0.2) is 5.82 Å². The fourth-order valence-electron chi connectivity index (χ4n) is 2.87. The minimum Gasteiger partial charge on any atom is -0.496 e. The molecule has 0 amide bonds. The minimum absolute atomic E-state index is 0.110. The molecular formula is C20H29N3O4. The van der Waals surface area contributed by atoms with Gasteiger partial charge >= 0.3 is 0 Å². The SMILES string of the molecule is CCCCCNc1nc(C)c(-c2c(OC)cc(CO)cc2OC)nc1OC. The van der Waals surface area contributed by atoms with E-state index in [2.05, 4.69) is 22.2 Å². The fraction of sp³-hybridized carbons (Fsp3) is 0.500. The summed E-state index contributed by atoms with van der Waals surface area (Å²) in [4.78, 5) is 9.32. The van der Waals surface area contributed by atoms with Crippen LogP contribution >= 0.6 is 0 Å². The largest absolute Gasteiger partial charge is 0.496 e. The Hall–Kier alpha value is -2.54. The highest BCUT2D eigenvalue weighted by Gasteiger charge is 2.21. The van der Waals surface area contributed by atoms with E-state index in [0.29, 0.717) is 40.0 Å². The van der Waals surface area contributed by atoms with Crippen molar-refractivity contribution in [2.24, 2.45) is 0 Å². The summed E-state index contributed by atoms with van der Waals surface area (Å²) in [6.45, 7) is 4.76. The Morgan fingerprint density at radius 2 is 1.67 bits per heavy atom. The second-order valence-corrected chi connectivity index (χ2v) is 6.18. The van der Waals surface area contributed by atoms with Gasteiger partial charge in [-0.2, -0.15) is 0 Å². The number of hydrogen-bond acceptors (Lipinski definition) is 7. The van der Waals surface area contributed by atoms with E-state index < -0.39 is 0 Å². The van der Waals surface area contributed by atoms with Crippen molar-refractivity contribution in [3.63, 3.8) is 0 Å². The van der Waals surface area contributed by atoms with Crippen LogP contribution in [0.1, 0.15) is 37.4 Å². The maximum absolute atomic E-state index is 9.47. The summed E-state index contributed by atoms with van der Waals surface area (Å²) in [6.07, 6.45) is 3.38. The van der Waals surface area contributed by atoms with E-state index in [1.54, 1.807) is 33.5 Å². The molecule has 148 valence electrons. The van der Waals surface area contributed by atoms with Gasteiger partial charge in [-0.1, -0.05) is 19.8 Å². The van der Waals surface area contributed by atoms with Crippen LogP contribution in [0.3, 0.4) is 0 Å². The number of aliphatic hydroxyl groups is 1. The quantitative estimate of drug-likeness (QED) is 0.614. The molecule has 0 saturated carbocycles. The normalized spacial score (nSPS) is 10.6. The van der Waals surface area contributed by atoms with Crippen molar-refractivity contribution in [2.45, 2.75) is 39.7 Å². The molecule has 0 unspecified atom stereocenters. The molecule has 0 saturated heterocycles. The molecule has 0 fully saturated rings. The van der Waals surface area contributed by atoms with Gasteiger partial charge < -0.3 is 24.6 Å². The maximum atomic E-state index is 9.47. The molecule has 2 N–H and O–H groups in total. The average Bonchev–Trinajstić information content (AvgIpc) is 2.70. The van der Waals surface area contributed by atoms with Crippen LogP contribution in [0.5, 0.6) is 17.4 Å². The summed E-state index contributed by atoms with van der Waals surface area (Å²) >= 11 is 0. The minimum atomic E-state index is -0.110. The molecule has 2 aromatic rings. The van der Waals surface area contributed by atoms with Crippen molar-refractivity contribution in [3.05, 3.63) is 23.4 Å². The van der Waals surface area contributed by atoms with Gasteiger partial charge in [0.2, 0.25) is 0 Å². The monoisotopic (exact) mass is 375 g/mol. The second-order valence-electron chi connectivity index (χ2n) is 6.18. The number of aryl methyl sites for hydroxylation is 1. The lowest BCUT2D eigenvalue weighted by molar-refractivity contribution is 0.280. The summed E-state index contributed by atoms with van der Waals surface area (Å²) in [5.74, 6) is 2.16. The summed E-state index contributed by atoms with van der Waals surface area (Å²) in [5, 5.41) is 12.8. The molecule has 0 aliphatic carbocycles. The lowest BCUT2D eigenvalue weighted by Gasteiger charge is -2.17. The number of aliphatic hydroxyl groups excluding tert-OH is 1. The Morgan fingerprint density at radius 1 is 1.00 bits per heavy atom. The third-order valence-corrected chi connectivity index (χ3v) is 4.29. The Balaban J connectivity index is 2.50. The van der Waals surface area contributed by atoms with Crippen LogP contribution in [-0.4, -0.2) is 42.9 Å². The molecule has 0 atom stereocenters. The summed E-state index contributed by atoms with van der Waals surface area (Å²) < 4.78 is 16.5. The summed E-state index contributed by atoms with van der Waals surface area (Å²) in [6, 6.07) is 3.53. The van der Waals surface area contributed by atoms with E-state index >= 15 is 0 Å². The van der Waals surface area contributed by atoms with Crippen LogP contribution in [0.4, 0.5) is 5.82 Å². The topological polar surface area (TPSA) is 85.7 Å². The molecule has 0 aliphatic rings. The molecule has 0 radical (unpaired) electrons. The predicted octanol–water partition coefficient (Wildman–Crippen LogP) is 3.57. The Bertz CT molecular complexity index is 740. The Labute approximate surface area is 160 Å². The van der Waals surface area contributed by atoms with Crippen molar-refractivity contribution in [3.8, 4) is 28.6 Å². The van der Waals surface area contributed by atoms with Gasteiger partial charge in [0.05, 0.1) is 39.2 Å². The summed E-state index contributed by atoms with van der Waals surface area (Å²) in [5.41, 5.74) is 2.71. The van der Waals surface area contributed by atoms with Gasteiger partial charge in [0.25, 0.3) is 5.88 Å². The first-order valence-corrected chi connectivity index (χ1v) is 9.12. The van der Waals surface area contributed by atoms with E-state index in [9.17, 15) is 5.11 Å². The predicted molar refractivity (Wildman–Crippen MR) is 106 cm³/mol. The van der Waals surface area contributed by atoms with E-state index in [1.807, 2.05) is 6.92 Å². The third-order valence-electron chi connectivity index (χ3n) is 4.29. The number of nitrogens with zero attached hydrogens (tertiary/aromatic N) is 2. The number of rotatable bonds is 10. The highest BCUT2D eigenvalue weighted by molar-refractivity contribution is 5.77. The van der Waals surface area contributed by atoms with Crippen LogP contribution in [-0.2, 0) is 6.61 Å². The van der Waals surface area contributed by atoms with Gasteiger partial charge in [0, 0.05) is 6.54 Å². The number of benzene rings is 1. The number of hydrogen-bond donors (Lipinski definition) is 2. The Morgan fingerprint density at radius 3 is 2.19 bits per heavy atom. The molecule has 1 aromatic carbocycles. The van der Waals surface area contributed by atoms with Gasteiger partial charge in [-0.25, -0.2) is 9.97 Å². The van der Waals surface area contributed by atoms with Crippen molar-refractivity contribution >= 4 is 5.82 Å². The van der Waals surface area contributed by atoms with E-state index in [1.165, 1.54) is 0 Å². The van der Waals surface area contributed by atoms with Crippen molar-refractivity contribution in [2.75, 3.05) is 33.2 Å². The molecule has 2 rings (SSSR count). The van der Waals surface area contributed by atoms with Gasteiger partial charge in [0.1, 0.15) is 17.2 Å². The average molecular weight is 375 g/mol. The first-order chi connectivity index (χ1) is 13.1. The van der Waals surface area contributed by atoms with Gasteiger partial charge in [-0.05, 0) is 31.0 Å². The van der Waals surface area contributed by atoms with E-state index in [-0.39, 0.29) is 6.61 Å². The zero-order valence-corrected chi connectivity index (χ0v) is 16.8. The highest BCUT2D eigenvalue weighted by atomic mass is 16.5. The number of aromatic nitrogens is 2. The maximum Gasteiger partial charge on any atom is 0.257 e. The lowest BCUT2D eigenvalue weighted by Crippen LogP contribution is -2.09. The van der Waals surface area contributed by atoms with Crippen molar-refractivity contribution < 1.29 is 19.3 Å². The third kappa shape index (κ3) is 4.80. The number of ether oxygens (including phenoxy) is 3. The smallest absolute Gasteiger partial charge is 0.257 e. The number of unbranched alkanes of at least 4 members (excludes halogenated alkanes) is 2. The highest BCUT2D eigenvalue weighted by Crippen LogP contribution is 2.41. The van der Waals surface area contributed by atoms with Crippen LogP contribution in [0.2, 0.25) is 0 Å². The number of anilines is 1. The molecule has 0 spiro atoms. The fourth-order valence-corrected chi connectivity index (χ4v) is 2.87.